The first-order valence-electron chi connectivity index (χ1n) is 6.50. The van der Waals surface area contributed by atoms with Crippen molar-refractivity contribution in [2.24, 2.45) is 0 Å². The predicted octanol–water partition coefficient (Wildman–Crippen LogP) is 3.80. The van der Waals surface area contributed by atoms with E-state index in [1.807, 2.05) is 0 Å². The number of rotatable bonds is 7. The summed E-state index contributed by atoms with van der Waals surface area (Å²) in [4.78, 5) is 3.13. The molecule has 1 aromatic rings. The van der Waals surface area contributed by atoms with E-state index in [9.17, 15) is 30.7 Å². The Labute approximate surface area is 121 Å². The van der Waals surface area contributed by atoms with Crippen LogP contribution in [0.5, 0.6) is 0 Å². The van der Waals surface area contributed by atoms with Crippen LogP contribution in [0.15, 0.2) is 0 Å². The molecule has 0 aliphatic carbocycles. The Kier molecular flexibility index (Phi) is 5.29. The van der Waals surface area contributed by atoms with Crippen LogP contribution in [0.1, 0.15) is 32.5 Å². The zero-order chi connectivity index (χ0) is 17.2. The van der Waals surface area contributed by atoms with Gasteiger partial charge in [-0.15, -0.1) is 5.10 Å². The van der Waals surface area contributed by atoms with Crippen molar-refractivity contribution in [2.75, 3.05) is 11.9 Å². The van der Waals surface area contributed by atoms with Crippen LogP contribution in [0.4, 0.5) is 36.7 Å². The van der Waals surface area contributed by atoms with Gasteiger partial charge in [0, 0.05) is 13.1 Å². The van der Waals surface area contributed by atoms with E-state index < -0.39 is 29.8 Å². The summed E-state index contributed by atoms with van der Waals surface area (Å²) in [6, 6.07) is 0. The molecular weight excluding hydrogens is 321 g/mol. The molecule has 1 N–H and O–H groups in total. The lowest BCUT2D eigenvalue weighted by Crippen LogP contribution is -2.51. The number of nitrogens with zero attached hydrogens (tertiary/aromatic N) is 3. The van der Waals surface area contributed by atoms with E-state index >= 15 is 0 Å². The normalized spacial score (nSPS) is 13.5. The molecule has 0 amide bonds. The summed E-state index contributed by atoms with van der Waals surface area (Å²) in [5.41, 5.74) is 0. The molecule has 0 spiro atoms. The Morgan fingerprint density at radius 1 is 1.00 bits per heavy atom. The SMILES string of the molecule is CCCNc1nc(C(F)(F)C(F)(F)C(F)(F)F)n(CCC)n1. The highest BCUT2D eigenvalue weighted by molar-refractivity contribution is 5.25. The van der Waals surface area contributed by atoms with E-state index in [1.54, 1.807) is 6.92 Å². The predicted molar refractivity (Wildman–Crippen MR) is 64.0 cm³/mol. The maximum Gasteiger partial charge on any atom is 0.460 e. The van der Waals surface area contributed by atoms with Gasteiger partial charge < -0.3 is 5.32 Å². The van der Waals surface area contributed by atoms with Gasteiger partial charge >= 0.3 is 18.0 Å². The molecule has 0 atom stereocenters. The molecular formula is C11H15F7N4. The molecule has 0 fully saturated rings. The van der Waals surface area contributed by atoms with Gasteiger partial charge in [0.25, 0.3) is 0 Å². The van der Waals surface area contributed by atoms with Crippen molar-refractivity contribution in [1.82, 2.24) is 14.8 Å². The minimum Gasteiger partial charge on any atom is -0.353 e. The summed E-state index contributed by atoms with van der Waals surface area (Å²) < 4.78 is 90.7. The summed E-state index contributed by atoms with van der Waals surface area (Å²) in [6.45, 7) is 3.27. The van der Waals surface area contributed by atoms with E-state index in [2.05, 4.69) is 15.4 Å². The van der Waals surface area contributed by atoms with Gasteiger partial charge in [0.15, 0.2) is 0 Å². The van der Waals surface area contributed by atoms with E-state index in [0.717, 1.165) is 0 Å². The van der Waals surface area contributed by atoms with Gasteiger partial charge in [-0.05, 0) is 12.8 Å². The third kappa shape index (κ3) is 3.27. The molecule has 1 aromatic heterocycles. The molecule has 1 heterocycles. The van der Waals surface area contributed by atoms with Crippen molar-refractivity contribution in [1.29, 1.82) is 0 Å². The summed E-state index contributed by atoms with van der Waals surface area (Å²) >= 11 is 0. The van der Waals surface area contributed by atoms with Gasteiger partial charge in [-0.25, -0.2) is 4.68 Å². The highest BCUT2D eigenvalue weighted by Crippen LogP contribution is 2.51. The molecule has 0 bridgehead atoms. The minimum atomic E-state index is -6.41. The average Bonchev–Trinajstić information content (AvgIpc) is 2.79. The highest BCUT2D eigenvalue weighted by Gasteiger charge is 2.75. The van der Waals surface area contributed by atoms with Crippen molar-refractivity contribution >= 4 is 5.95 Å². The Morgan fingerprint density at radius 3 is 2.05 bits per heavy atom. The van der Waals surface area contributed by atoms with Crippen LogP contribution < -0.4 is 5.32 Å². The van der Waals surface area contributed by atoms with Crippen molar-refractivity contribution < 1.29 is 30.7 Å². The van der Waals surface area contributed by atoms with Crippen LogP contribution in [-0.4, -0.2) is 33.4 Å². The summed E-state index contributed by atoms with van der Waals surface area (Å²) in [7, 11) is 0. The molecule has 0 aliphatic heterocycles. The first-order valence-corrected chi connectivity index (χ1v) is 6.50. The molecule has 0 saturated carbocycles. The lowest BCUT2D eigenvalue weighted by Gasteiger charge is -2.27. The fourth-order valence-electron chi connectivity index (χ4n) is 1.57. The Balaban J connectivity index is 3.29. The number of halogens is 7. The van der Waals surface area contributed by atoms with E-state index in [-0.39, 0.29) is 19.5 Å². The Morgan fingerprint density at radius 2 is 1.59 bits per heavy atom. The molecule has 0 unspecified atom stereocenters. The van der Waals surface area contributed by atoms with Gasteiger partial charge in [0.05, 0.1) is 0 Å². The zero-order valence-electron chi connectivity index (χ0n) is 11.8. The van der Waals surface area contributed by atoms with Crippen LogP contribution in [0.25, 0.3) is 0 Å². The van der Waals surface area contributed by atoms with Crippen molar-refractivity contribution in [3.63, 3.8) is 0 Å². The standard InChI is InChI=1S/C11H15F7N4/c1-3-5-19-8-20-7(22(21-8)6-4-2)9(12,13)10(14,15)11(16,17)18/h3-6H2,1-2H3,(H,19,21). The number of aryl methyl sites for hydroxylation is 1. The van der Waals surface area contributed by atoms with Gasteiger partial charge in [-0.3, -0.25) is 0 Å². The lowest BCUT2D eigenvalue weighted by atomic mass is 10.1. The third-order valence-corrected chi connectivity index (χ3v) is 2.67. The van der Waals surface area contributed by atoms with Gasteiger partial charge in [-0.1, -0.05) is 13.8 Å². The average molecular weight is 336 g/mol. The Hall–Kier alpha value is -1.55. The van der Waals surface area contributed by atoms with Gasteiger partial charge in [0.1, 0.15) is 0 Å². The zero-order valence-corrected chi connectivity index (χ0v) is 11.8. The third-order valence-electron chi connectivity index (χ3n) is 2.67. The van der Waals surface area contributed by atoms with Gasteiger partial charge in [-0.2, -0.15) is 35.7 Å². The number of anilines is 1. The summed E-state index contributed by atoms with van der Waals surface area (Å²) in [5, 5.41) is 5.99. The molecule has 0 aliphatic rings. The fourth-order valence-corrected chi connectivity index (χ4v) is 1.57. The maximum atomic E-state index is 13.7. The summed E-state index contributed by atoms with van der Waals surface area (Å²) in [6.07, 6.45) is -5.64. The van der Waals surface area contributed by atoms with Gasteiger partial charge in [0.2, 0.25) is 11.8 Å². The van der Waals surface area contributed by atoms with Crippen LogP contribution in [0.3, 0.4) is 0 Å². The second-order valence-electron chi connectivity index (χ2n) is 4.56. The number of hydrogen-bond donors (Lipinski definition) is 1. The van der Waals surface area contributed by atoms with E-state index in [1.165, 1.54) is 6.92 Å². The topological polar surface area (TPSA) is 42.7 Å². The van der Waals surface area contributed by atoms with Crippen LogP contribution >= 0.6 is 0 Å². The van der Waals surface area contributed by atoms with E-state index in [4.69, 9.17) is 0 Å². The van der Waals surface area contributed by atoms with Crippen LogP contribution in [0.2, 0.25) is 0 Å². The first-order chi connectivity index (χ1) is 9.99. The number of nitrogens with one attached hydrogen (secondary N) is 1. The maximum absolute atomic E-state index is 13.7. The fraction of sp³-hybridized carbons (Fsp3) is 0.818. The van der Waals surface area contributed by atoms with Crippen molar-refractivity contribution in [2.45, 2.75) is 51.3 Å². The molecule has 4 nitrogen and oxygen atoms in total. The molecule has 0 saturated heterocycles. The minimum absolute atomic E-state index is 0.206. The quantitative estimate of drug-likeness (QED) is 0.770. The molecule has 0 radical (unpaired) electrons. The lowest BCUT2D eigenvalue weighted by molar-refractivity contribution is -0.362. The van der Waals surface area contributed by atoms with Crippen molar-refractivity contribution in [3.05, 3.63) is 5.82 Å². The number of hydrogen-bond acceptors (Lipinski definition) is 3. The van der Waals surface area contributed by atoms with Crippen molar-refractivity contribution in [3.8, 4) is 0 Å². The number of alkyl halides is 7. The molecule has 22 heavy (non-hydrogen) atoms. The van der Waals surface area contributed by atoms with E-state index in [0.29, 0.717) is 11.1 Å². The van der Waals surface area contributed by atoms with Crippen LogP contribution in [0, 0.1) is 0 Å². The Bertz CT molecular complexity index is 495. The second-order valence-corrected chi connectivity index (χ2v) is 4.56. The highest BCUT2D eigenvalue weighted by atomic mass is 19.4. The first kappa shape index (κ1) is 18.5. The molecule has 128 valence electrons. The van der Waals surface area contributed by atoms with Crippen LogP contribution in [-0.2, 0) is 12.5 Å². The smallest absolute Gasteiger partial charge is 0.353 e. The largest absolute Gasteiger partial charge is 0.460 e. The molecule has 0 aromatic carbocycles. The summed E-state index contributed by atoms with van der Waals surface area (Å²) in [5.74, 6) is -13.9. The second kappa shape index (κ2) is 6.29. The monoisotopic (exact) mass is 336 g/mol. The molecule has 11 heteroatoms. The number of aromatic nitrogens is 3. The molecule has 1 rings (SSSR count).